The van der Waals surface area contributed by atoms with Crippen LogP contribution in [0, 0.1) is 0 Å². The topological polar surface area (TPSA) is 76.8 Å². The summed E-state index contributed by atoms with van der Waals surface area (Å²) in [6.45, 7) is 2.15. The smallest absolute Gasteiger partial charge is 0.103 e. The largest absolute Gasteiger partial charge is 0.280 e. The molecule has 0 aliphatic carbocycles. The predicted molar refractivity (Wildman–Crippen MR) is 249 cm³/mol. The van der Waals surface area contributed by atoms with Crippen molar-refractivity contribution in [2.24, 2.45) is 4.99 Å². The van der Waals surface area contributed by atoms with Crippen LogP contribution in [-0.4, -0.2) is 31.1 Å². The van der Waals surface area contributed by atoms with Crippen LogP contribution in [0.2, 0.25) is 0 Å². The van der Waals surface area contributed by atoms with E-state index in [1.165, 1.54) is 0 Å². The Labute approximate surface area is 355 Å². The van der Waals surface area contributed by atoms with E-state index < -0.39 is 0 Å². The van der Waals surface area contributed by atoms with Gasteiger partial charge in [0.15, 0.2) is 0 Å². The first kappa shape index (κ1) is 37.3. The van der Waals surface area contributed by atoms with Gasteiger partial charge in [-0.15, -0.1) is 0 Å². The molecule has 0 N–H and O–H groups in total. The summed E-state index contributed by atoms with van der Waals surface area (Å²) in [7, 11) is 0. The summed E-state index contributed by atoms with van der Waals surface area (Å²) in [4.78, 5) is 29.1. The molecule has 0 bridgehead atoms. The quantitative estimate of drug-likeness (QED) is 0.146. The van der Waals surface area contributed by atoms with Gasteiger partial charge in [-0.2, -0.15) is 0 Å². The Kier molecular flexibility index (Phi) is 10.0. The minimum atomic E-state index is -0.390. The third-order valence-corrected chi connectivity index (χ3v) is 11.2. The standard InChI is InChI=1S/C55H40N6/c1-55(28-4-7-31-58-55)54-27-13-24-49(61-54)43-19-10-16-40(34-43)46-36-44(38-14-8-17-41(32-38)47-22-11-25-52(59-47)50-20-2-5-29-56-50)35-45(37-46)39-15-9-18-42(33-39)48-23-12-26-53(60-48)51-21-3-6-30-57-51/h2-27,29-37H,28H2,1H3. The summed E-state index contributed by atoms with van der Waals surface area (Å²) < 4.78 is 0. The summed E-state index contributed by atoms with van der Waals surface area (Å²) in [5, 5.41) is 0. The first-order valence-corrected chi connectivity index (χ1v) is 20.5. The fourth-order valence-electron chi connectivity index (χ4n) is 7.89. The van der Waals surface area contributed by atoms with Crippen LogP contribution in [0.3, 0.4) is 0 Å². The highest BCUT2D eigenvalue weighted by Crippen LogP contribution is 2.38. The van der Waals surface area contributed by atoms with Gasteiger partial charge in [-0.25, -0.2) is 9.97 Å². The van der Waals surface area contributed by atoms with Crippen LogP contribution < -0.4 is 0 Å². The minimum absolute atomic E-state index is 0.390. The van der Waals surface area contributed by atoms with Gasteiger partial charge in [0.1, 0.15) is 5.54 Å². The lowest BCUT2D eigenvalue weighted by molar-refractivity contribution is 0.489. The van der Waals surface area contributed by atoms with Crippen molar-refractivity contribution in [3.63, 3.8) is 0 Å². The van der Waals surface area contributed by atoms with Crippen LogP contribution in [0.25, 0.3) is 89.9 Å². The van der Waals surface area contributed by atoms with Gasteiger partial charge in [0.2, 0.25) is 0 Å². The molecular formula is C55H40N6. The van der Waals surface area contributed by atoms with E-state index in [4.69, 9.17) is 19.9 Å². The Bertz CT molecular complexity index is 2940. The molecule has 1 aliphatic heterocycles. The minimum Gasteiger partial charge on any atom is -0.280 e. The lowest BCUT2D eigenvalue weighted by Gasteiger charge is -2.25. The normalized spacial score (nSPS) is 14.5. The van der Waals surface area contributed by atoms with Gasteiger partial charge < -0.3 is 0 Å². The maximum Gasteiger partial charge on any atom is 0.103 e. The number of pyridine rings is 5. The van der Waals surface area contributed by atoms with E-state index in [0.717, 1.165) is 102 Å². The number of dihydropyridines is 1. The Balaban J connectivity index is 1.07. The molecule has 1 aliphatic rings. The van der Waals surface area contributed by atoms with E-state index in [2.05, 4.69) is 144 Å². The molecule has 5 aromatic heterocycles. The molecule has 4 aromatic carbocycles. The summed E-state index contributed by atoms with van der Waals surface area (Å²) in [5.74, 6) is 0. The SMILES string of the molecule is CC1(c2cccc(-c3cccc(-c4cc(-c5cccc(-c6cccc(-c7ccccn7)n6)c5)cc(-c5cccc(-c6cccc(-c7ccccn7)n6)c5)c4)c3)n2)CC=CC=N1. The van der Waals surface area contributed by atoms with E-state index in [1.807, 2.05) is 73.0 Å². The zero-order chi connectivity index (χ0) is 41.0. The summed E-state index contributed by atoms with van der Waals surface area (Å²) >= 11 is 0. The van der Waals surface area contributed by atoms with Gasteiger partial charge in [-0.3, -0.25) is 19.9 Å². The molecule has 0 radical (unpaired) electrons. The molecule has 1 unspecified atom stereocenters. The van der Waals surface area contributed by atoms with Crippen LogP contribution in [0.15, 0.2) is 212 Å². The van der Waals surface area contributed by atoms with E-state index in [-0.39, 0.29) is 5.54 Å². The zero-order valence-electron chi connectivity index (χ0n) is 33.6. The number of hydrogen-bond acceptors (Lipinski definition) is 6. The lowest BCUT2D eigenvalue weighted by Crippen LogP contribution is -2.21. The van der Waals surface area contributed by atoms with Crippen molar-refractivity contribution in [3.05, 3.63) is 212 Å². The molecule has 1 atom stereocenters. The summed E-state index contributed by atoms with van der Waals surface area (Å²) in [5.41, 5.74) is 16.3. The monoisotopic (exact) mass is 784 g/mol. The number of aromatic nitrogens is 5. The molecule has 0 saturated heterocycles. The van der Waals surface area contributed by atoms with E-state index >= 15 is 0 Å². The van der Waals surface area contributed by atoms with Gasteiger partial charge in [0, 0.05) is 35.3 Å². The number of hydrogen-bond donors (Lipinski definition) is 0. The van der Waals surface area contributed by atoms with Crippen molar-refractivity contribution < 1.29 is 0 Å². The molecule has 0 saturated carbocycles. The number of allylic oxidation sites excluding steroid dienone is 1. The highest BCUT2D eigenvalue weighted by atomic mass is 14.9. The van der Waals surface area contributed by atoms with Crippen LogP contribution in [0.4, 0.5) is 0 Å². The van der Waals surface area contributed by atoms with Gasteiger partial charge in [0.05, 0.1) is 45.6 Å². The van der Waals surface area contributed by atoms with Crippen molar-refractivity contribution >= 4 is 6.21 Å². The fraction of sp³-hybridized carbons (Fsp3) is 0.0545. The summed E-state index contributed by atoms with van der Waals surface area (Å²) in [6, 6.07) is 63.1. The average Bonchev–Trinajstić information content (AvgIpc) is 3.35. The Morgan fingerprint density at radius 3 is 1.20 bits per heavy atom. The first-order valence-electron chi connectivity index (χ1n) is 20.5. The third kappa shape index (κ3) is 7.95. The highest BCUT2D eigenvalue weighted by Gasteiger charge is 2.27. The van der Waals surface area contributed by atoms with Gasteiger partial charge in [-0.05, 0) is 150 Å². The van der Waals surface area contributed by atoms with Crippen molar-refractivity contribution in [3.8, 4) is 89.9 Å². The molecule has 0 fully saturated rings. The zero-order valence-corrected chi connectivity index (χ0v) is 33.6. The number of nitrogens with zero attached hydrogens (tertiary/aromatic N) is 6. The molecule has 6 heteroatoms. The lowest BCUT2D eigenvalue weighted by atomic mass is 9.90. The second kappa shape index (κ2) is 16.4. The van der Waals surface area contributed by atoms with Crippen LogP contribution in [-0.2, 0) is 5.54 Å². The molecule has 6 nitrogen and oxygen atoms in total. The maximum absolute atomic E-state index is 5.16. The average molecular weight is 785 g/mol. The van der Waals surface area contributed by atoms with Crippen LogP contribution >= 0.6 is 0 Å². The molecule has 6 heterocycles. The Morgan fingerprint density at radius 2 is 0.754 bits per heavy atom. The van der Waals surface area contributed by atoms with Crippen molar-refractivity contribution in [1.29, 1.82) is 0 Å². The summed E-state index contributed by atoms with van der Waals surface area (Å²) in [6.07, 6.45) is 10.4. The highest BCUT2D eigenvalue weighted by molar-refractivity contribution is 5.85. The molecule has 10 rings (SSSR count). The number of rotatable bonds is 9. The van der Waals surface area contributed by atoms with Crippen LogP contribution in [0.1, 0.15) is 19.0 Å². The van der Waals surface area contributed by atoms with E-state index in [0.29, 0.717) is 0 Å². The molecular weight excluding hydrogens is 745 g/mol. The van der Waals surface area contributed by atoms with Gasteiger partial charge in [0.25, 0.3) is 0 Å². The van der Waals surface area contributed by atoms with Gasteiger partial charge in [-0.1, -0.05) is 91.0 Å². The van der Waals surface area contributed by atoms with Crippen molar-refractivity contribution in [2.75, 3.05) is 0 Å². The Hall–Kier alpha value is -7.96. The molecule has 0 spiro atoms. The first-order chi connectivity index (χ1) is 30.0. The predicted octanol–water partition coefficient (Wildman–Crippen LogP) is 13.2. The third-order valence-electron chi connectivity index (χ3n) is 11.2. The van der Waals surface area contributed by atoms with Crippen molar-refractivity contribution in [1.82, 2.24) is 24.9 Å². The van der Waals surface area contributed by atoms with E-state index in [1.54, 1.807) is 12.4 Å². The Morgan fingerprint density at radius 1 is 0.361 bits per heavy atom. The van der Waals surface area contributed by atoms with Gasteiger partial charge >= 0.3 is 0 Å². The maximum atomic E-state index is 5.16. The number of aliphatic imine (C=N–C) groups is 1. The van der Waals surface area contributed by atoms with Crippen molar-refractivity contribution in [2.45, 2.75) is 18.9 Å². The molecule has 61 heavy (non-hydrogen) atoms. The molecule has 290 valence electrons. The van der Waals surface area contributed by atoms with E-state index in [9.17, 15) is 0 Å². The fourth-order valence-corrected chi connectivity index (χ4v) is 7.89. The second-order valence-electron chi connectivity index (χ2n) is 15.4. The molecule has 0 amide bonds. The second-order valence-corrected chi connectivity index (χ2v) is 15.4. The van der Waals surface area contributed by atoms with Crippen LogP contribution in [0.5, 0.6) is 0 Å². The number of benzene rings is 4. The molecule has 9 aromatic rings.